The Morgan fingerprint density at radius 3 is 2.50 bits per heavy atom. The van der Waals surface area contributed by atoms with Gasteiger partial charge in [0.05, 0.1) is 27.9 Å². The number of nitrogens with zero attached hydrogens (tertiary/aromatic N) is 5. The van der Waals surface area contributed by atoms with E-state index in [-0.39, 0.29) is 16.8 Å². The van der Waals surface area contributed by atoms with Crippen molar-refractivity contribution in [2.24, 2.45) is 0 Å². The normalized spacial score (nSPS) is 13.4. The Morgan fingerprint density at radius 1 is 0.964 bits per heavy atom. The molecule has 0 radical (unpaired) electrons. The molecule has 0 saturated carbocycles. The minimum absolute atomic E-state index is 0.0865. The number of hydrogen-bond donors (Lipinski definition) is 0. The van der Waals surface area contributed by atoms with Gasteiger partial charge in [-0.3, -0.25) is 9.59 Å². The van der Waals surface area contributed by atoms with Gasteiger partial charge in [0.15, 0.2) is 11.5 Å². The number of pyridine rings is 2. The third kappa shape index (κ3) is 2.11. The smallest absolute Gasteiger partial charge is 0.267 e. The summed E-state index contributed by atoms with van der Waals surface area (Å²) < 4.78 is 15.8. The Kier molecular flexibility index (Phi) is 3.35. The maximum atomic E-state index is 14.2. The van der Waals surface area contributed by atoms with Gasteiger partial charge in [0.2, 0.25) is 0 Å². The minimum atomic E-state index is -0.651. The van der Waals surface area contributed by atoms with Crippen molar-refractivity contribution in [3.05, 3.63) is 77.5 Å². The number of imide groups is 1. The summed E-state index contributed by atoms with van der Waals surface area (Å²) in [7, 11) is 0. The first-order valence-electron chi connectivity index (χ1n) is 8.51. The fourth-order valence-corrected chi connectivity index (χ4v) is 3.45. The highest BCUT2D eigenvalue weighted by atomic mass is 19.1. The highest BCUT2D eigenvalue weighted by Crippen LogP contribution is 2.35. The quantitative estimate of drug-likeness (QED) is 0.505. The monoisotopic (exact) mass is 373 g/mol. The summed E-state index contributed by atoms with van der Waals surface area (Å²) in [5.74, 6) is -1.32. The molecule has 0 saturated heterocycles. The second-order valence-corrected chi connectivity index (χ2v) is 6.33. The van der Waals surface area contributed by atoms with Crippen LogP contribution in [0.15, 0.2) is 54.9 Å². The van der Waals surface area contributed by atoms with E-state index in [1.54, 1.807) is 31.3 Å². The minimum Gasteiger partial charge on any atom is -0.268 e. The number of para-hydroxylation sites is 1. The molecule has 1 aromatic carbocycles. The van der Waals surface area contributed by atoms with E-state index in [1.807, 2.05) is 6.07 Å². The summed E-state index contributed by atoms with van der Waals surface area (Å²) in [6.07, 6.45) is 2.96. The van der Waals surface area contributed by atoms with Crippen molar-refractivity contribution < 1.29 is 14.0 Å². The van der Waals surface area contributed by atoms with E-state index >= 15 is 0 Å². The van der Waals surface area contributed by atoms with Crippen molar-refractivity contribution in [2.75, 3.05) is 4.90 Å². The molecule has 0 spiro atoms. The van der Waals surface area contributed by atoms with Gasteiger partial charge in [-0.05, 0) is 31.2 Å². The summed E-state index contributed by atoms with van der Waals surface area (Å²) in [5.41, 5.74) is 1.16. The number of anilines is 1. The van der Waals surface area contributed by atoms with Gasteiger partial charge < -0.3 is 0 Å². The van der Waals surface area contributed by atoms with Crippen LogP contribution in [0.25, 0.3) is 16.9 Å². The number of amides is 2. The van der Waals surface area contributed by atoms with Gasteiger partial charge in [0.25, 0.3) is 11.8 Å². The number of benzene rings is 1. The van der Waals surface area contributed by atoms with E-state index in [9.17, 15) is 14.0 Å². The van der Waals surface area contributed by atoms with Crippen molar-refractivity contribution in [3.63, 3.8) is 0 Å². The zero-order valence-electron chi connectivity index (χ0n) is 14.6. The Balaban J connectivity index is 1.75. The van der Waals surface area contributed by atoms with Crippen LogP contribution in [0.5, 0.6) is 0 Å². The standard InChI is InChI=1S/C20H12FN5O2/c1-11-16-17-12(10-23-18(16)26(24-11)15-8-4-5-9-22-15)19(27)25(20(17)28)14-7-3-2-6-13(14)21/h2-10H,1H3. The number of carbonyl (C=O) groups is 2. The van der Waals surface area contributed by atoms with Crippen molar-refractivity contribution >= 4 is 28.5 Å². The molecule has 0 fully saturated rings. The lowest BCUT2D eigenvalue weighted by Gasteiger charge is -2.14. The van der Waals surface area contributed by atoms with Gasteiger partial charge in [-0.2, -0.15) is 9.78 Å². The van der Waals surface area contributed by atoms with E-state index in [0.29, 0.717) is 22.5 Å². The zero-order valence-corrected chi connectivity index (χ0v) is 14.6. The van der Waals surface area contributed by atoms with Crippen LogP contribution >= 0.6 is 0 Å². The Morgan fingerprint density at radius 2 is 1.75 bits per heavy atom. The third-order valence-corrected chi connectivity index (χ3v) is 4.68. The number of rotatable bonds is 2. The molecule has 8 heteroatoms. The van der Waals surface area contributed by atoms with Crippen molar-refractivity contribution in [2.45, 2.75) is 6.92 Å². The first-order valence-corrected chi connectivity index (χ1v) is 8.51. The maximum Gasteiger partial charge on any atom is 0.267 e. The van der Waals surface area contributed by atoms with E-state index in [0.717, 1.165) is 4.90 Å². The molecule has 1 aliphatic heterocycles. The lowest BCUT2D eigenvalue weighted by Crippen LogP contribution is -2.30. The second kappa shape index (κ2) is 5.78. The van der Waals surface area contributed by atoms with Crippen LogP contribution in [0, 0.1) is 12.7 Å². The fraction of sp³-hybridized carbons (Fsp3) is 0.0500. The molecular formula is C20H12FN5O2. The number of halogens is 1. The lowest BCUT2D eigenvalue weighted by molar-refractivity contribution is 0.0925. The lowest BCUT2D eigenvalue weighted by atomic mass is 10.1. The molecule has 0 bridgehead atoms. The molecule has 4 aromatic rings. The molecule has 3 aromatic heterocycles. The van der Waals surface area contributed by atoms with Crippen LogP contribution in [-0.2, 0) is 0 Å². The molecule has 136 valence electrons. The first-order chi connectivity index (χ1) is 13.6. The predicted octanol–water partition coefficient (Wildman–Crippen LogP) is 3.06. The summed E-state index contributed by atoms with van der Waals surface area (Å²) in [4.78, 5) is 35.4. The van der Waals surface area contributed by atoms with E-state index < -0.39 is 17.6 Å². The summed E-state index contributed by atoms with van der Waals surface area (Å²) in [5, 5.41) is 4.91. The molecule has 28 heavy (non-hydrogen) atoms. The van der Waals surface area contributed by atoms with Gasteiger partial charge >= 0.3 is 0 Å². The number of carbonyl (C=O) groups excluding carboxylic acids is 2. The molecule has 0 N–H and O–H groups in total. The highest BCUT2D eigenvalue weighted by Gasteiger charge is 2.41. The Labute approximate surface area is 158 Å². The molecule has 5 rings (SSSR count). The number of hydrogen-bond acceptors (Lipinski definition) is 5. The molecular weight excluding hydrogens is 361 g/mol. The van der Waals surface area contributed by atoms with Gasteiger partial charge in [-0.25, -0.2) is 19.3 Å². The van der Waals surface area contributed by atoms with E-state index in [4.69, 9.17) is 0 Å². The van der Waals surface area contributed by atoms with Crippen LogP contribution in [0.2, 0.25) is 0 Å². The molecule has 0 atom stereocenters. The molecule has 4 heterocycles. The number of aryl methyl sites for hydroxylation is 1. The molecule has 7 nitrogen and oxygen atoms in total. The molecule has 1 aliphatic rings. The summed E-state index contributed by atoms with van der Waals surface area (Å²) in [6, 6.07) is 11.0. The van der Waals surface area contributed by atoms with Crippen LogP contribution in [0.3, 0.4) is 0 Å². The SMILES string of the molecule is Cc1nn(-c2ccccn2)c2ncc3c(c12)C(=O)N(c1ccccc1F)C3=O. The fourth-order valence-electron chi connectivity index (χ4n) is 3.45. The average molecular weight is 373 g/mol. The second-order valence-electron chi connectivity index (χ2n) is 6.33. The average Bonchev–Trinajstić information content (AvgIpc) is 3.18. The third-order valence-electron chi connectivity index (χ3n) is 4.68. The maximum absolute atomic E-state index is 14.2. The van der Waals surface area contributed by atoms with Gasteiger partial charge in [-0.1, -0.05) is 18.2 Å². The Bertz CT molecular complexity index is 1280. The van der Waals surface area contributed by atoms with Crippen LogP contribution in [0.4, 0.5) is 10.1 Å². The van der Waals surface area contributed by atoms with Gasteiger partial charge in [-0.15, -0.1) is 0 Å². The van der Waals surface area contributed by atoms with Crippen LogP contribution < -0.4 is 4.90 Å². The van der Waals surface area contributed by atoms with E-state index in [1.165, 1.54) is 29.1 Å². The highest BCUT2D eigenvalue weighted by molar-refractivity contribution is 6.37. The van der Waals surface area contributed by atoms with Crippen molar-refractivity contribution in [3.8, 4) is 5.82 Å². The zero-order chi connectivity index (χ0) is 19.4. The molecule has 0 unspecified atom stereocenters. The molecule has 2 amide bonds. The summed E-state index contributed by atoms with van der Waals surface area (Å²) >= 11 is 0. The van der Waals surface area contributed by atoms with Gasteiger partial charge in [0.1, 0.15) is 5.82 Å². The van der Waals surface area contributed by atoms with Crippen molar-refractivity contribution in [1.29, 1.82) is 0 Å². The van der Waals surface area contributed by atoms with Gasteiger partial charge in [0, 0.05) is 12.4 Å². The number of fused-ring (bicyclic) bond motifs is 3. The van der Waals surface area contributed by atoms with E-state index in [2.05, 4.69) is 15.1 Å². The Hall–Kier alpha value is -3.94. The molecule has 0 aliphatic carbocycles. The van der Waals surface area contributed by atoms with Crippen LogP contribution in [-0.4, -0.2) is 31.6 Å². The number of aromatic nitrogens is 4. The van der Waals surface area contributed by atoms with Crippen molar-refractivity contribution in [1.82, 2.24) is 19.7 Å². The topological polar surface area (TPSA) is 81.0 Å². The summed E-state index contributed by atoms with van der Waals surface area (Å²) in [6.45, 7) is 1.73. The largest absolute Gasteiger partial charge is 0.268 e. The van der Waals surface area contributed by atoms with Crippen LogP contribution in [0.1, 0.15) is 26.4 Å². The predicted molar refractivity (Wildman–Crippen MR) is 98.9 cm³/mol. The first kappa shape index (κ1) is 16.2.